The fourth-order valence-corrected chi connectivity index (χ4v) is 1.89. The summed E-state index contributed by atoms with van der Waals surface area (Å²) in [4.78, 5) is 12.0. The van der Waals surface area contributed by atoms with Crippen molar-refractivity contribution in [2.45, 2.75) is 26.2 Å². The zero-order valence-corrected chi connectivity index (χ0v) is 12.0. The summed E-state index contributed by atoms with van der Waals surface area (Å²) in [6.07, 6.45) is 0. The van der Waals surface area contributed by atoms with E-state index in [0.717, 1.165) is 5.69 Å². The van der Waals surface area contributed by atoms with Gasteiger partial charge in [0.2, 0.25) is 0 Å². The number of carbonyl (C=O) groups is 1. The highest BCUT2D eigenvalue weighted by molar-refractivity contribution is 5.81. The summed E-state index contributed by atoms with van der Waals surface area (Å²) in [5.41, 5.74) is 6.62. The molecule has 1 heterocycles. The quantitative estimate of drug-likeness (QED) is 0.868. The Morgan fingerprint density at radius 2 is 2.00 bits per heavy atom. The minimum atomic E-state index is -0.829. The molecule has 2 N–H and O–H groups in total. The van der Waals surface area contributed by atoms with Crippen LogP contribution in [0.5, 0.6) is 0 Å². The van der Waals surface area contributed by atoms with Crippen LogP contribution in [0.1, 0.15) is 26.5 Å². The molecule has 0 aliphatic carbocycles. The van der Waals surface area contributed by atoms with Crippen LogP contribution in [0.25, 0.3) is 5.69 Å². The van der Waals surface area contributed by atoms with Crippen molar-refractivity contribution in [3.05, 3.63) is 42.1 Å². The molecule has 106 valence electrons. The number of nitrogens with two attached hydrogens (primary N) is 1. The Hall–Kier alpha value is -2.30. The van der Waals surface area contributed by atoms with Crippen molar-refractivity contribution in [3.63, 3.8) is 0 Å². The number of aromatic nitrogens is 2. The first-order chi connectivity index (χ1) is 9.46. The maximum Gasteiger partial charge on any atom is 0.317 e. The molecule has 0 fully saturated rings. The van der Waals surface area contributed by atoms with Crippen LogP contribution in [0.2, 0.25) is 0 Å². The van der Waals surface area contributed by atoms with Crippen LogP contribution in [0.15, 0.2) is 36.4 Å². The first-order valence-electron chi connectivity index (χ1n) is 6.55. The summed E-state index contributed by atoms with van der Waals surface area (Å²) in [6, 6.07) is 11.3. The van der Waals surface area contributed by atoms with Crippen molar-refractivity contribution in [1.29, 1.82) is 0 Å². The van der Waals surface area contributed by atoms with E-state index in [2.05, 4.69) is 5.10 Å². The molecule has 0 aliphatic heterocycles. The Morgan fingerprint density at radius 3 is 2.60 bits per heavy atom. The molecule has 0 atom stereocenters. The second-order valence-electron chi connectivity index (χ2n) is 5.05. The van der Waals surface area contributed by atoms with Gasteiger partial charge in [-0.1, -0.05) is 18.2 Å². The number of hydrogen-bond acceptors (Lipinski definition) is 4. The fraction of sp³-hybridized carbons (Fsp3) is 0.333. The Balaban J connectivity index is 2.39. The molecular formula is C15H19N3O2. The van der Waals surface area contributed by atoms with Gasteiger partial charge in [-0.3, -0.25) is 4.79 Å². The van der Waals surface area contributed by atoms with E-state index in [4.69, 9.17) is 10.5 Å². The van der Waals surface area contributed by atoms with E-state index >= 15 is 0 Å². The molecule has 5 heteroatoms. The first kappa shape index (κ1) is 14.1. The van der Waals surface area contributed by atoms with Gasteiger partial charge in [0.05, 0.1) is 18.0 Å². The number of carbonyl (C=O) groups excluding carboxylic acids is 1. The van der Waals surface area contributed by atoms with Crippen LogP contribution in [0, 0.1) is 0 Å². The van der Waals surface area contributed by atoms with Crippen LogP contribution >= 0.6 is 0 Å². The molecule has 2 rings (SSSR count). The third kappa shape index (κ3) is 2.52. The summed E-state index contributed by atoms with van der Waals surface area (Å²) in [6.45, 7) is 5.69. The van der Waals surface area contributed by atoms with Gasteiger partial charge in [0.1, 0.15) is 11.2 Å². The molecule has 0 saturated carbocycles. The number of esters is 1. The number of rotatable bonds is 4. The fourth-order valence-electron chi connectivity index (χ4n) is 1.89. The van der Waals surface area contributed by atoms with Crippen LogP contribution in [0.4, 0.5) is 5.82 Å². The average molecular weight is 273 g/mol. The number of para-hydroxylation sites is 1. The van der Waals surface area contributed by atoms with Crippen LogP contribution < -0.4 is 5.73 Å². The van der Waals surface area contributed by atoms with Crippen molar-refractivity contribution in [1.82, 2.24) is 9.78 Å². The summed E-state index contributed by atoms with van der Waals surface area (Å²) < 4.78 is 6.71. The molecule has 0 bridgehead atoms. The van der Waals surface area contributed by atoms with E-state index in [1.165, 1.54) is 0 Å². The summed E-state index contributed by atoms with van der Waals surface area (Å²) >= 11 is 0. The number of nitrogens with zero attached hydrogens (tertiary/aromatic N) is 2. The van der Waals surface area contributed by atoms with Crippen molar-refractivity contribution in [3.8, 4) is 5.69 Å². The molecule has 0 spiro atoms. The summed E-state index contributed by atoms with van der Waals surface area (Å²) in [7, 11) is 0. The van der Waals surface area contributed by atoms with Gasteiger partial charge in [0.15, 0.2) is 0 Å². The highest BCUT2D eigenvalue weighted by atomic mass is 16.5. The lowest BCUT2D eigenvalue weighted by atomic mass is 9.89. The van der Waals surface area contributed by atoms with Gasteiger partial charge >= 0.3 is 5.97 Å². The van der Waals surface area contributed by atoms with Gasteiger partial charge in [0.25, 0.3) is 0 Å². The first-order valence-corrected chi connectivity index (χ1v) is 6.55. The maximum absolute atomic E-state index is 12.0. The second-order valence-corrected chi connectivity index (χ2v) is 5.05. The minimum absolute atomic E-state index is 0.308. The van der Waals surface area contributed by atoms with Crippen molar-refractivity contribution in [2.24, 2.45) is 0 Å². The third-order valence-corrected chi connectivity index (χ3v) is 3.16. The number of anilines is 1. The number of benzene rings is 1. The molecular weight excluding hydrogens is 254 g/mol. The van der Waals surface area contributed by atoms with Gasteiger partial charge in [-0.2, -0.15) is 5.10 Å². The number of ether oxygens (including phenoxy) is 1. The molecule has 1 aromatic carbocycles. The van der Waals surface area contributed by atoms with Gasteiger partial charge in [-0.15, -0.1) is 0 Å². The van der Waals surface area contributed by atoms with Crippen molar-refractivity contribution < 1.29 is 9.53 Å². The van der Waals surface area contributed by atoms with Crippen LogP contribution in [0.3, 0.4) is 0 Å². The van der Waals surface area contributed by atoms with E-state index in [1.54, 1.807) is 31.5 Å². The molecule has 0 amide bonds. The SMILES string of the molecule is CCOC(=O)C(C)(C)c1cc(N)n(-c2ccccc2)n1. The molecule has 0 saturated heterocycles. The zero-order valence-electron chi connectivity index (χ0n) is 12.0. The van der Waals surface area contributed by atoms with Gasteiger partial charge < -0.3 is 10.5 Å². The Morgan fingerprint density at radius 1 is 1.35 bits per heavy atom. The molecule has 5 nitrogen and oxygen atoms in total. The normalized spacial score (nSPS) is 11.3. The zero-order chi connectivity index (χ0) is 14.8. The van der Waals surface area contributed by atoms with Gasteiger partial charge in [-0.25, -0.2) is 4.68 Å². The lowest BCUT2D eigenvalue weighted by molar-refractivity contribution is -0.148. The van der Waals surface area contributed by atoms with Crippen molar-refractivity contribution in [2.75, 3.05) is 12.3 Å². The standard InChI is InChI=1S/C15H19N3O2/c1-4-20-14(19)15(2,3)12-10-13(16)18(17-12)11-8-6-5-7-9-11/h5-10H,4,16H2,1-3H3. The van der Waals surface area contributed by atoms with E-state index in [1.807, 2.05) is 30.3 Å². The van der Waals surface area contributed by atoms with Crippen LogP contribution in [-0.4, -0.2) is 22.4 Å². The lowest BCUT2D eigenvalue weighted by Crippen LogP contribution is -2.31. The number of hydrogen-bond donors (Lipinski definition) is 1. The predicted molar refractivity (Wildman–Crippen MR) is 77.6 cm³/mol. The van der Waals surface area contributed by atoms with E-state index in [0.29, 0.717) is 18.1 Å². The Bertz CT molecular complexity index is 603. The topological polar surface area (TPSA) is 70.1 Å². The lowest BCUT2D eigenvalue weighted by Gasteiger charge is -2.19. The van der Waals surface area contributed by atoms with E-state index in [9.17, 15) is 4.79 Å². The monoisotopic (exact) mass is 273 g/mol. The molecule has 0 aliphatic rings. The van der Waals surface area contributed by atoms with Gasteiger partial charge in [0, 0.05) is 6.07 Å². The average Bonchev–Trinajstić information content (AvgIpc) is 2.83. The highest BCUT2D eigenvalue weighted by Gasteiger charge is 2.34. The maximum atomic E-state index is 12.0. The van der Waals surface area contributed by atoms with E-state index in [-0.39, 0.29) is 5.97 Å². The predicted octanol–water partition coefficient (Wildman–Crippen LogP) is 2.30. The number of nitrogen functional groups attached to an aromatic ring is 1. The third-order valence-electron chi connectivity index (χ3n) is 3.16. The second kappa shape index (κ2) is 5.36. The van der Waals surface area contributed by atoms with Crippen molar-refractivity contribution >= 4 is 11.8 Å². The molecule has 0 radical (unpaired) electrons. The molecule has 2 aromatic rings. The molecule has 0 unspecified atom stereocenters. The summed E-state index contributed by atoms with van der Waals surface area (Å²) in [5, 5.41) is 4.45. The summed E-state index contributed by atoms with van der Waals surface area (Å²) in [5.74, 6) is 0.182. The highest BCUT2D eigenvalue weighted by Crippen LogP contribution is 2.26. The largest absolute Gasteiger partial charge is 0.465 e. The van der Waals surface area contributed by atoms with Gasteiger partial charge in [-0.05, 0) is 32.9 Å². The molecule has 1 aromatic heterocycles. The van der Waals surface area contributed by atoms with Crippen LogP contribution in [-0.2, 0) is 14.9 Å². The Kier molecular flexibility index (Phi) is 3.79. The van der Waals surface area contributed by atoms with E-state index < -0.39 is 5.41 Å². The Labute approximate surface area is 118 Å². The molecule has 20 heavy (non-hydrogen) atoms. The minimum Gasteiger partial charge on any atom is -0.465 e. The smallest absolute Gasteiger partial charge is 0.317 e.